The largest absolute Gasteiger partial charge is 0.397 e. The molecule has 7 heteroatoms. The molecule has 1 aliphatic rings. The van der Waals surface area contributed by atoms with E-state index >= 15 is 0 Å². The Bertz CT molecular complexity index is 800. The lowest BCUT2D eigenvalue weighted by Gasteiger charge is -2.14. The van der Waals surface area contributed by atoms with Crippen molar-refractivity contribution in [3.63, 3.8) is 0 Å². The number of halogens is 1. The molecular weight excluding hydrogens is 318 g/mol. The van der Waals surface area contributed by atoms with Gasteiger partial charge in [-0.1, -0.05) is 23.7 Å². The fourth-order valence-corrected chi connectivity index (χ4v) is 2.52. The summed E-state index contributed by atoms with van der Waals surface area (Å²) in [6.45, 7) is -0.391. The third kappa shape index (κ3) is 2.76. The van der Waals surface area contributed by atoms with Crippen molar-refractivity contribution in [3.05, 3.63) is 58.6 Å². The van der Waals surface area contributed by atoms with Crippen molar-refractivity contribution in [1.29, 1.82) is 0 Å². The van der Waals surface area contributed by atoms with E-state index in [0.29, 0.717) is 27.5 Å². The second-order valence-electron chi connectivity index (χ2n) is 5.02. The molecule has 3 rings (SSSR count). The number of hydrogen-bond donors (Lipinski definition) is 2. The first-order chi connectivity index (χ1) is 11.0. The molecule has 0 spiro atoms. The number of nitrogens with zero attached hydrogens (tertiary/aromatic N) is 1. The van der Waals surface area contributed by atoms with E-state index in [1.165, 1.54) is 6.07 Å². The van der Waals surface area contributed by atoms with Gasteiger partial charge in [0.25, 0.3) is 11.8 Å². The number of imide groups is 1. The molecule has 2 aromatic carbocycles. The molecule has 0 fully saturated rings. The van der Waals surface area contributed by atoms with Gasteiger partial charge in [0.1, 0.15) is 6.54 Å². The lowest BCUT2D eigenvalue weighted by molar-refractivity contribution is -0.116. The third-order valence-electron chi connectivity index (χ3n) is 3.47. The van der Waals surface area contributed by atoms with E-state index in [-0.39, 0.29) is 0 Å². The molecule has 2 aromatic rings. The first-order valence-electron chi connectivity index (χ1n) is 6.77. The van der Waals surface area contributed by atoms with Crippen LogP contribution in [0.25, 0.3) is 0 Å². The van der Waals surface area contributed by atoms with E-state index in [2.05, 4.69) is 5.32 Å². The molecule has 23 heavy (non-hydrogen) atoms. The van der Waals surface area contributed by atoms with Crippen LogP contribution < -0.4 is 11.1 Å². The average molecular weight is 330 g/mol. The van der Waals surface area contributed by atoms with Crippen molar-refractivity contribution >= 4 is 40.7 Å². The second kappa shape index (κ2) is 5.73. The zero-order valence-corrected chi connectivity index (χ0v) is 12.6. The first-order valence-corrected chi connectivity index (χ1v) is 7.15. The summed E-state index contributed by atoms with van der Waals surface area (Å²) in [5, 5.41) is 2.96. The van der Waals surface area contributed by atoms with Gasteiger partial charge in [0.2, 0.25) is 5.91 Å². The highest BCUT2D eigenvalue weighted by atomic mass is 35.5. The number of nitrogen functional groups attached to an aromatic ring is 1. The number of benzene rings is 2. The van der Waals surface area contributed by atoms with Crippen molar-refractivity contribution in [2.24, 2.45) is 0 Å². The van der Waals surface area contributed by atoms with Crippen LogP contribution in [0.3, 0.4) is 0 Å². The number of carbonyl (C=O) groups excluding carboxylic acids is 3. The minimum Gasteiger partial charge on any atom is -0.397 e. The number of nitrogens with two attached hydrogens (primary N) is 1. The van der Waals surface area contributed by atoms with Crippen LogP contribution in [0.1, 0.15) is 20.7 Å². The maximum absolute atomic E-state index is 12.2. The molecule has 6 nitrogen and oxygen atoms in total. The maximum atomic E-state index is 12.2. The van der Waals surface area contributed by atoms with Gasteiger partial charge in [-0.05, 0) is 30.3 Å². The van der Waals surface area contributed by atoms with Crippen LogP contribution in [-0.4, -0.2) is 29.2 Å². The molecule has 3 amide bonds. The Labute approximate surface area is 136 Å². The summed E-state index contributed by atoms with van der Waals surface area (Å²) in [5.74, 6) is -1.51. The van der Waals surface area contributed by atoms with Crippen molar-refractivity contribution in [2.45, 2.75) is 0 Å². The van der Waals surface area contributed by atoms with Gasteiger partial charge < -0.3 is 11.1 Å². The van der Waals surface area contributed by atoms with Crippen LogP contribution in [0.2, 0.25) is 5.02 Å². The van der Waals surface area contributed by atoms with Gasteiger partial charge in [-0.2, -0.15) is 0 Å². The van der Waals surface area contributed by atoms with E-state index in [9.17, 15) is 14.4 Å². The van der Waals surface area contributed by atoms with Crippen molar-refractivity contribution in [3.8, 4) is 0 Å². The van der Waals surface area contributed by atoms with E-state index in [1.54, 1.807) is 36.4 Å². The van der Waals surface area contributed by atoms with Crippen LogP contribution in [0.4, 0.5) is 11.4 Å². The minimum absolute atomic E-state index is 0.299. The predicted molar refractivity (Wildman–Crippen MR) is 86.3 cm³/mol. The maximum Gasteiger partial charge on any atom is 0.262 e. The van der Waals surface area contributed by atoms with Crippen molar-refractivity contribution in [1.82, 2.24) is 4.90 Å². The number of amides is 3. The lowest BCUT2D eigenvalue weighted by Crippen LogP contribution is -2.37. The summed E-state index contributed by atoms with van der Waals surface area (Å²) in [7, 11) is 0. The molecule has 0 radical (unpaired) electrons. The molecule has 0 saturated heterocycles. The quantitative estimate of drug-likeness (QED) is 0.666. The average Bonchev–Trinajstić information content (AvgIpc) is 2.76. The molecule has 0 bridgehead atoms. The number of carbonyl (C=O) groups is 3. The van der Waals surface area contributed by atoms with Crippen molar-refractivity contribution in [2.75, 3.05) is 17.6 Å². The molecule has 0 saturated carbocycles. The fraction of sp³-hybridized carbons (Fsp3) is 0.0625. The van der Waals surface area contributed by atoms with Crippen molar-refractivity contribution < 1.29 is 14.4 Å². The predicted octanol–water partition coefficient (Wildman–Crippen LogP) is 2.16. The van der Waals surface area contributed by atoms with E-state index in [4.69, 9.17) is 17.3 Å². The molecule has 0 aliphatic carbocycles. The van der Waals surface area contributed by atoms with Gasteiger partial charge in [-0.15, -0.1) is 0 Å². The highest BCUT2D eigenvalue weighted by Gasteiger charge is 2.36. The SMILES string of the molecule is Nc1ccc(Cl)cc1NC(=O)CN1C(=O)c2ccccc2C1=O. The van der Waals surface area contributed by atoms with Crippen LogP contribution in [-0.2, 0) is 4.79 Å². The zero-order valence-electron chi connectivity index (χ0n) is 11.9. The highest BCUT2D eigenvalue weighted by Crippen LogP contribution is 2.24. The van der Waals surface area contributed by atoms with Crippen LogP contribution in [0, 0.1) is 0 Å². The Hall–Kier alpha value is -2.86. The molecule has 3 N–H and O–H groups in total. The number of rotatable bonds is 3. The minimum atomic E-state index is -0.534. The molecule has 0 unspecified atom stereocenters. The summed E-state index contributed by atoms with van der Waals surface area (Å²) in [4.78, 5) is 37.4. The highest BCUT2D eigenvalue weighted by molar-refractivity contribution is 6.31. The normalized spacial score (nSPS) is 13.2. The number of hydrogen-bond acceptors (Lipinski definition) is 4. The number of nitrogens with one attached hydrogen (secondary N) is 1. The molecule has 0 atom stereocenters. The second-order valence-corrected chi connectivity index (χ2v) is 5.46. The summed E-state index contributed by atoms with van der Waals surface area (Å²) in [6.07, 6.45) is 0. The Balaban J connectivity index is 1.76. The van der Waals surface area contributed by atoms with Crippen LogP contribution in [0.5, 0.6) is 0 Å². The van der Waals surface area contributed by atoms with E-state index in [1.807, 2.05) is 0 Å². The summed E-state index contributed by atoms with van der Waals surface area (Å²) < 4.78 is 0. The summed E-state index contributed by atoms with van der Waals surface area (Å²) in [5.41, 5.74) is 7.02. The monoisotopic (exact) mass is 329 g/mol. The van der Waals surface area contributed by atoms with Gasteiger partial charge in [-0.25, -0.2) is 0 Å². The third-order valence-corrected chi connectivity index (χ3v) is 3.70. The topological polar surface area (TPSA) is 92.5 Å². The zero-order chi connectivity index (χ0) is 16.6. The van der Waals surface area contributed by atoms with Gasteiger partial charge >= 0.3 is 0 Å². The summed E-state index contributed by atoms with van der Waals surface area (Å²) in [6, 6.07) is 11.1. The van der Waals surface area contributed by atoms with E-state index < -0.39 is 24.3 Å². The van der Waals surface area contributed by atoms with Gasteiger partial charge in [-0.3, -0.25) is 19.3 Å². The Morgan fingerprint density at radius 2 is 1.70 bits per heavy atom. The van der Waals surface area contributed by atoms with Gasteiger partial charge in [0, 0.05) is 5.02 Å². The number of fused-ring (bicyclic) bond motifs is 1. The van der Waals surface area contributed by atoms with Gasteiger partial charge in [0.15, 0.2) is 0 Å². The number of anilines is 2. The fourth-order valence-electron chi connectivity index (χ4n) is 2.35. The van der Waals surface area contributed by atoms with Gasteiger partial charge in [0.05, 0.1) is 22.5 Å². The Kier molecular flexibility index (Phi) is 3.75. The molecule has 1 heterocycles. The lowest BCUT2D eigenvalue weighted by atomic mass is 10.1. The summed E-state index contributed by atoms with van der Waals surface area (Å²) >= 11 is 5.85. The smallest absolute Gasteiger partial charge is 0.262 e. The molecular formula is C16H12ClN3O3. The Morgan fingerprint density at radius 1 is 1.09 bits per heavy atom. The van der Waals surface area contributed by atoms with Crippen LogP contribution in [0.15, 0.2) is 42.5 Å². The molecule has 0 aromatic heterocycles. The standard InChI is InChI=1S/C16H12ClN3O3/c17-9-5-6-12(18)13(7-9)19-14(21)8-20-15(22)10-3-1-2-4-11(10)16(20)23/h1-7H,8,18H2,(H,19,21). The first kappa shape index (κ1) is 15.1. The Morgan fingerprint density at radius 3 is 2.30 bits per heavy atom. The van der Waals surface area contributed by atoms with Crippen LogP contribution >= 0.6 is 11.6 Å². The van der Waals surface area contributed by atoms with E-state index in [0.717, 1.165) is 4.90 Å². The molecule has 116 valence electrons. The molecule has 1 aliphatic heterocycles.